The summed E-state index contributed by atoms with van der Waals surface area (Å²) in [5, 5.41) is 9.01. The molecule has 1 N–H and O–H groups in total. The van der Waals surface area contributed by atoms with Crippen LogP contribution in [0.2, 0.25) is 10.0 Å². The van der Waals surface area contributed by atoms with Crippen LogP contribution in [0.15, 0.2) is 23.1 Å². The number of carboxylic acids is 1. The van der Waals surface area contributed by atoms with Crippen molar-refractivity contribution in [1.82, 2.24) is 4.31 Å². The van der Waals surface area contributed by atoms with Crippen LogP contribution in [0.3, 0.4) is 0 Å². The van der Waals surface area contributed by atoms with Crippen molar-refractivity contribution in [1.29, 1.82) is 0 Å². The van der Waals surface area contributed by atoms with Crippen LogP contribution in [0, 0.1) is 0 Å². The normalized spacial score (nSPS) is 20.6. The smallest absolute Gasteiger partial charge is 0.322 e. The molecule has 0 amide bonds. The first kappa shape index (κ1) is 14.9. The number of rotatable bonds is 3. The first-order valence-corrected chi connectivity index (χ1v) is 8.47. The Kier molecular flexibility index (Phi) is 4.32. The van der Waals surface area contributed by atoms with Crippen LogP contribution in [0.1, 0.15) is 0 Å². The van der Waals surface area contributed by atoms with Gasteiger partial charge >= 0.3 is 5.97 Å². The molecule has 0 aliphatic carbocycles. The molecule has 1 atom stereocenters. The molecule has 0 bridgehead atoms. The van der Waals surface area contributed by atoms with Crippen molar-refractivity contribution in [2.24, 2.45) is 0 Å². The monoisotopic (exact) mass is 341 g/mol. The lowest BCUT2D eigenvalue weighted by atomic mass is 10.3. The molecule has 2 rings (SSSR count). The van der Waals surface area contributed by atoms with Gasteiger partial charge in [0.15, 0.2) is 0 Å². The zero-order chi connectivity index (χ0) is 14.2. The molecule has 1 aliphatic rings. The number of carbonyl (C=O) groups is 1. The number of hydrogen-bond donors (Lipinski definition) is 1. The molecule has 1 unspecified atom stereocenters. The molecule has 1 heterocycles. The van der Waals surface area contributed by atoms with Crippen LogP contribution in [-0.4, -0.2) is 41.5 Å². The van der Waals surface area contributed by atoms with Gasteiger partial charge in [0, 0.05) is 5.75 Å². The van der Waals surface area contributed by atoms with Gasteiger partial charge in [-0.1, -0.05) is 29.3 Å². The second-order valence-electron chi connectivity index (χ2n) is 3.80. The molecule has 1 fully saturated rings. The van der Waals surface area contributed by atoms with E-state index in [1.165, 1.54) is 30.0 Å². The molecule has 1 aromatic rings. The Morgan fingerprint density at radius 1 is 1.37 bits per heavy atom. The molecule has 19 heavy (non-hydrogen) atoms. The second kappa shape index (κ2) is 5.49. The highest BCUT2D eigenvalue weighted by Crippen LogP contribution is 2.35. The van der Waals surface area contributed by atoms with Crippen molar-refractivity contribution in [3.63, 3.8) is 0 Å². The Labute approximate surface area is 124 Å². The number of hydrogen-bond acceptors (Lipinski definition) is 4. The maximum atomic E-state index is 12.5. The lowest BCUT2D eigenvalue weighted by Crippen LogP contribution is -2.41. The van der Waals surface area contributed by atoms with Gasteiger partial charge in [-0.25, -0.2) is 8.42 Å². The van der Waals surface area contributed by atoms with Gasteiger partial charge in [-0.05, 0) is 12.1 Å². The number of carboxylic acid groups (broad SMARTS) is 1. The van der Waals surface area contributed by atoms with Gasteiger partial charge in [-0.3, -0.25) is 4.79 Å². The number of nitrogens with zero attached hydrogens (tertiary/aromatic N) is 1. The van der Waals surface area contributed by atoms with E-state index in [-0.39, 0.29) is 26.6 Å². The number of benzene rings is 1. The minimum Gasteiger partial charge on any atom is -0.480 e. The summed E-state index contributed by atoms with van der Waals surface area (Å²) in [4.78, 5) is 10.8. The Morgan fingerprint density at radius 3 is 2.47 bits per heavy atom. The van der Waals surface area contributed by atoms with E-state index in [0.29, 0.717) is 0 Å². The quantitative estimate of drug-likeness (QED) is 0.911. The van der Waals surface area contributed by atoms with Crippen molar-refractivity contribution in [2.45, 2.75) is 10.9 Å². The van der Waals surface area contributed by atoms with Crippen LogP contribution in [0.5, 0.6) is 0 Å². The Balaban J connectivity index is 2.51. The van der Waals surface area contributed by atoms with Gasteiger partial charge < -0.3 is 5.11 Å². The molecular formula is C10H9Cl2NO4S2. The molecule has 9 heteroatoms. The van der Waals surface area contributed by atoms with E-state index < -0.39 is 22.0 Å². The molecule has 104 valence electrons. The van der Waals surface area contributed by atoms with Crippen LogP contribution in [0.4, 0.5) is 0 Å². The van der Waals surface area contributed by atoms with Crippen LogP contribution >= 0.6 is 35.0 Å². The van der Waals surface area contributed by atoms with Crippen molar-refractivity contribution in [3.05, 3.63) is 28.2 Å². The standard InChI is InChI=1S/C10H9Cl2NO4S2/c11-6-2-1-3-7(12)9(6)19(16,17)13-5-18-4-8(13)10(14)15/h1-3,8H,4-5H2,(H,14,15). The number of thioether (sulfide) groups is 1. The molecule has 0 aromatic heterocycles. The van der Waals surface area contributed by atoms with E-state index >= 15 is 0 Å². The Bertz CT molecular complexity index is 600. The zero-order valence-corrected chi connectivity index (χ0v) is 12.6. The fraction of sp³-hybridized carbons (Fsp3) is 0.300. The maximum Gasteiger partial charge on any atom is 0.322 e. The lowest BCUT2D eigenvalue weighted by Gasteiger charge is -2.21. The lowest BCUT2D eigenvalue weighted by molar-refractivity contribution is -0.140. The first-order chi connectivity index (χ1) is 8.85. The summed E-state index contributed by atoms with van der Waals surface area (Å²) in [6.07, 6.45) is 0. The van der Waals surface area contributed by atoms with Crippen molar-refractivity contribution < 1.29 is 18.3 Å². The summed E-state index contributed by atoms with van der Waals surface area (Å²) in [5.74, 6) is -0.908. The van der Waals surface area contributed by atoms with E-state index in [1.807, 2.05) is 0 Å². The Hall–Kier alpha value is -0.470. The number of halogens is 2. The summed E-state index contributed by atoms with van der Waals surface area (Å²) >= 11 is 13.0. The average molecular weight is 342 g/mol. The highest BCUT2D eigenvalue weighted by molar-refractivity contribution is 8.00. The number of aliphatic carboxylic acids is 1. The SMILES string of the molecule is O=C(O)C1CSCN1S(=O)(=O)c1c(Cl)cccc1Cl. The van der Waals surface area contributed by atoms with Crippen LogP contribution < -0.4 is 0 Å². The summed E-state index contributed by atoms with van der Waals surface area (Å²) in [7, 11) is -4.03. The molecule has 5 nitrogen and oxygen atoms in total. The van der Waals surface area contributed by atoms with Gasteiger partial charge in [0.1, 0.15) is 10.9 Å². The van der Waals surface area contributed by atoms with E-state index in [1.54, 1.807) is 0 Å². The highest BCUT2D eigenvalue weighted by atomic mass is 35.5. The average Bonchev–Trinajstić information content (AvgIpc) is 2.77. The minimum absolute atomic E-state index is 0.0199. The van der Waals surface area contributed by atoms with Gasteiger partial charge in [0.2, 0.25) is 10.0 Å². The largest absolute Gasteiger partial charge is 0.480 e. The van der Waals surface area contributed by atoms with Crippen molar-refractivity contribution in [3.8, 4) is 0 Å². The molecule has 1 saturated heterocycles. The van der Waals surface area contributed by atoms with Crippen LogP contribution in [-0.2, 0) is 14.8 Å². The van der Waals surface area contributed by atoms with Gasteiger partial charge in [-0.2, -0.15) is 4.31 Å². The number of sulfonamides is 1. The third kappa shape index (κ3) is 2.71. The molecule has 1 aliphatic heterocycles. The fourth-order valence-corrected chi connectivity index (χ4v) is 5.93. The van der Waals surface area contributed by atoms with Crippen molar-refractivity contribution >= 4 is 51.0 Å². The minimum atomic E-state index is -4.03. The van der Waals surface area contributed by atoms with Gasteiger partial charge in [0.25, 0.3) is 0 Å². The predicted molar refractivity (Wildman–Crippen MR) is 74.2 cm³/mol. The van der Waals surface area contributed by atoms with Gasteiger partial charge in [0.05, 0.1) is 15.9 Å². The third-order valence-corrected chi connectivity index (χ3v) is 6.60. The first-order valence-electron chi connectivity index (χ1n) is 5.12. The second-order valence-corrected chi connectivity index (χ2v) is 7.44. The summed E-state index contributed by atoms with van der Waals surface area (Å²) < 4.78 is 25.9. The zero-order valence-electron chi connectivity index (χ0n) is 9.42. The molecule has 0 saturated carbocycles. The fourth-order valence-electron chi connectivity index (χ4n) is 1.70. The van der Waals surface area contributed by atoms with Crippen LogP contribution in [0.25, 0.3) is 0 Å². The summed E-state index contributed by atoms with van der Waals surface area (Å²) in [6, 6.07) is 3.23. The molecular weight excluding hydrogens is 333 g/mol. The maximum absolute atomic E-state index is 12.5. The third-order valence-electron chi connectivity index (χ3n) is 2.61. The molecule has 0 radical (unpaired) electrons. The molecule has 1 aromatic carbocycles. The summed E-state index contributed by atoms with van der Waals surface area (Å²) in [5.41, 5.74) is 0. The predicted octanol–water partition coefficient (Wildman–Crippen LogP) is 2.14. The van der Waals surface area contributed by atoms with E-state index in [9.17, 15) is 13.2 Å². The summed E-state index contributed by atoms with van der Waals surface area (Å²) in [6.45, 7) is 0. The molecule has 0 spiro atoms. The van der Waals surface area contributed by atoms with Gasteiger partial charge in [-0.15, -0.1) is 11.8 Å². The Morgan fingerprint density at radius 2 is 1.95 bits per heavy atom. The van der Waals surface area contributed by atoms with E-state index in [4.69, 9.17) is 28.3 Å². The topological polar surface area (TPSA) is 74.7 Å². The van der Waals surface area contributed by atoms with E-state index in [2.05, 4.69) is 0 Å². The van der Waals surface area contributed by atoms with E-state index in [0.717, 1.165) is 4.31 Å². The van der Waals surface area contributed by atoms with Crippen molar-refractivity contribution in [2.75, 3.05) is 11.6 Å². The highest BCUT2D eigenvalue weighted by Gasteiger charge is 2.41.